The summed E-state index contributed by atoms with van der Waals surface area (Å²) in [5.74, 6) is -1.01. The largest absolute Gasteiger partial charge is 0.496 e. The molecular weight excluding hydrogens is 305 g/mol. The van der Waals surface area contributed by atoms with Crippen LogP contribution in [0.5, 0.6) is 5.75 Å². The van der Waals surface area contributed by atoms with Crippen LogP contribution in [0.1, 0.15) is 28.9 Å². The standard InChI is InChI=1S/C15H14FN3O4/c1-9(18-15(20)11-5-6-17-8-13(11)16)12-7-10(19(21)22)3-4-14(12)23-2/h3-9H,1-2H3,(H,18,20)/t9-/m1/s1. The molecule has 0 aliphatic rings. The Balaban J connectivity index is 2.28. The van der Waals surface area contributed by atoms with Gasteiger partial charge in [-0.05, 0) is 19.1 Å². The highest BCUT2D eigenvalue weighted by Gasteiger charge is 2.20. The molecule has 1 aromatic heterocycles. The maximum absolute atomic E-state index is 13.6. The number of rotatable bonds is 5. The van der Waals surface area contributed by atoms with E-state index in [0.29, 0.717) is 11.3 Å². The zero-order chi connectivity index (χ0) is 17.0. The maximum Gasteiger partial charge on any atom is 0.270 e. The van der Waals surface area contributed by atoms with Gasteiger partial charge in [-0.15, -0.1) is 0 Å². The Morgan fingerprint density at radius 2 is 2.17 bits per heavy atom. The minimum Gasteiger partial charge on any atom is -0.496 e. The van der Waals surface area contributed by atoms with Crippen LogP contribution in [0.2, 0.25) is 0 Å². The van der Waals surface area contributed by atoms with Crippen LogP contribution in [0.15, 0.2) is 36.7 Å². The van der Waals surface area contributed by atoms with E-state index in [2.05, 4.69) is 10.3 Å². The Morgan fingerprint density at radius 1 is 1.43 bits per heavy atom. The summed E-state index contributed by atoms with van der Waals surface area (Å²) in [5.41, 5.74) is 0.137. The summed E-state index contributed by atoms with van der Waals surface area (Å²) in [6, 6.07) is 4.70. The lowest BCUT2D eigenvalue weighted by atomic mass is 10.1. The van der Waals surface area contributed by atoms with E-state index in [1.54, 1.807) is 6.92 Å². The number of hydrogen-bond donors (Lipinski definition) is 1. The molecule has 0 spiro atoms. The van der Waals surface area contributed by atoms with Crippen LogP contribution in [-0.4, -0.2) is 22.9 Å². The number of benzene rings is 1. The van der Waals surface area contributed by atoms with Crippen LogP contribution >= 0.6 is 0 Å². The van der Waals surface area contributed by atoms with Gasteiger partial charge in [0.2, 0.25) is 0 Å². The van der Waals surface area contributed by atoms with E-state index < -0.39 is 22.7 Å². The van der Waals surface area contributed by atoms with Crippen molar-refractivity contribution >= 4 is 11.6 Å². The van der Waals surface area contributed by atoms with Gasteiger partial charge >= 0.3 is 0 Å². The fraction of sp³-hybridized carbons (Fsp3) is 0.200. The van der Waals surface area contributed by atoms with Crippen LogP contribution in [-0.2, 0) is 0 Å². The second-order valence-corrected chi connectivity index (χ2v) is 4.73. The van der Waals surface area contributed by atoms with Gasteiger partial charge in [0.15, 0.2) is 5.82 Å². The normalized spacial score (nSPS) is 11.6. The molecule has 7 nitrogen and oxygen atoms in total. The lowest BCUT2D eigenvalue weighted by molar-refractivity contribution is -0.385. The van der Waals surface area contributed by atoms with E-state index in [4.69, 9.17) is 4.74 Å². The zero-order valence-electron chi connectivity index (χ0n) is 12.4. The molecule has 0 aliphatic heterocycles. The summed E-state index contributed by atoms with van der Waals surface area (Å²) >= 11 is 0. The molecule has 1 heterocycles. The third-order valence-electron chi connectivity index (χ3n) is 3.26. The van der Waals surface area contributed by atoms with Gasteiger partial charge in [-0.2, -0.15) is 0 Å². The maximum atomic E-state index is 13.6. The second kappa shape index (κ2) is 6.82. The number of carbonyl (C=O) groups excluding carboxylic acids is 1. The summed E-state index contributed by atoms with van der Waals surface area (Å²) in [6.07, 6.45) is 2.24. The molecule has 8 heteroatoms. The van der Waals surface area contributed by atoms with E-state index in [1.165, 1.54) is 37.6 Å². The van der Waals surface area contributed by atoms with E-state index in [9.17, 15) is 19.3 Å². The molecular formula is C15H14FN3O4. The quantitative estimate of drug-likeness (QED) is 0.675. The number of aromatic nitrogens is 1. The van der Waals surface area contributed by atoms with Crippen LogP contribution in [0, 0.1) is 15.9 Å². The molecule has 2 rings (SSSR count). The summed E-state index contributed by atoms with van der Waals surface area (Å²) in [5, 5.41) is 13.5. The van der Waals surface area contributed by atoms with Crippen molar-refractivity contribution in [3.8, 4) is 5.75 Å². The topological polar surface area (TPSA) is 94.4 Å². The first-order valence-corrected chi connectivity index (χ1v) is 6.66. The van der Waals surface area contributed by atoms with Crippen molar-refractivity contribution in [2.24, 2.45) is 0 Å². The number of carbonyl (C=O) groups is 1. The predicted octanol–water partition coefficient (Wildman–Crippen LogP) is 2.63. The number of amides is 1. The highest BCUT2D eigenvalue weighted by Crippen LogP contribution is 2.29. The third-order valence-corrected chi connectivity index (χ3v) is 3.26. The number of halogens is 1. The van der Waals surface area contributed by atoms with Gasteiger partial charge in [-0.25, -0.2) is 4.39 Å². The molecule has 120 valence electrons. The van der Waals surface area contributed by atoms with Crippen molar-refractivity contribution in [2.75, 3.05) is 7.11 Å². The molecule has 0 bridgehead atoms. The van der Waals surface area contributed by atoms with Gasteiger partial charge in [0.05, 0.1) is 29.8 Å². The van der Waals surface area contributed by atoms with Crippen LogP contribution in [0.4, 0.5) is 10.1 Å². The van der Waals surface area contributed by atoms with Crippen LogP contribution in [0.25, 0.3) is 0 Å². The van der Waals surface area contributed by atoms with Gasteiger partial charge in [-0.3, -0.25) is 19.9 Å². The molecule has 1 amide bonds. The Kier molecular flexibility index (Phi) is 4.85. The molecule has 1 N–H and O–H groups in total. The average Bonchev–Trinajstić information content (AvgIpc) is 2.54. The lowest BCUT2D eigenvalue weighted by Crippen LogP contribution is -2.27. The number of nitrogens with zero attached hydrogens (tertiary/aromatic N) is 2. The average molecular weight is 319 g/mol. The first-order valence-electron chi connectivity index (χ1n) is 6.66. The molecule has 0 saturated carbocycles. The number of non-ortho nitro benzene ring substituents is 1. The van der Waals surface area contributed by atoms with Crippen molar-refractivity contribution in [1.82, 2.24) is 10.3 Å². The van der Waals surface area contributed by atoms with E-state index in [-0.39, 0.29) is 11.3 Å². The molecule has 23 heavy (non-hydrogen) atoms. The van der Waals surface area contributed by atoms with Crippen molar-refractivity contribution in [3.05, 3.63) is 63.7 Å². The highest BCUT2D eigenvalue weighted by molar-refractivity contribution is 5.94. The van der Waals surface area contributed by atoms with Crippen molar-refractivity contribution in [3.63, 3.8) is 0 Å². The lowest BCUT2D eigenvalue weighted by Gasteiger charge is -2.17. The molecule has 0 unspecified atom stereocenters. The smallest absolute Gasteiger partial charge is 0.270 e. The van der Waals surface area contributed by atoms with Gasteiger partial charge < -0.3 is 10.1 Å². The molecule has 1 aromatic carbocycles. The minimum atomic E-state index is -0.747. The number of nitro groups is 1. The fourth-order valence-electron chi connectivity index (χ4n) is 2.09. The number of nitro benzene ring substituents is 1. The highest BCUT2D eigenvalue weighted by atomic mass is 19.1. The minimum absolute atomic E-state index is 0.128. The summed E-state index contributed by atoms with van der Waals surface area (Å²) in [6.45, 7) is 1.62. The Bertz CT molecular complexity index is 751. The van der Waals surface area contributed by atoms with E-state index >= 15 is 0 Å². The predicted molar refractivity (Wildman–Crippen MR) is 79.7 cm³/mol. The Labute approximate surface area is 131 Å². The van der Waals surface area contributed by atoms with E-state index in [1.807, 2.05) is 0 Å². The molecule has 2 aromatic rings. The summed E-state index contributed by atoms with van der Waals surface area (Å²) in [4.78, 5) is 26.0. The molecule has 0 saturated heterocycles. The number of hydrogen-bond acceptors (Lipinski definition) is 5. The van der Waals surface area contributed by atoms with Crippen molar-refractivity contribution in [2.45, 2.75) is 13.0 Å². The third kappa shape index (κ3) is 3.60. The number of pyridine rings is 1. The first-order chi connectivity index (χ1) is 10.9. The van der Waals surface area contributed by atoms with Gasteiger partial charge in [0, 0.05) is 23.9 Å². The second-order valence-electron chi connectivity index (χ2n) is 4.73. The number of ether oxygens (including phenoxy) is 1. The van der Waals surface area contributed by atoms with Gasteiger partial charge in [0.1, 0.15) is 5.75 Å². The summed E-state index contributed by atoms with van der Waals surface area (Å²) in [7, 11) is 1.42. The van der Waals surface area contributed by atoms with Crippen LogP contribution in [0.3, 0.4) is 0 Å². The number of methoxy groups -OCH3 is 1. The van der Waals surface area contributed by atoms with Crippen LogP contribution < -0.4 is 10.1 Å². The molecule has 1 atom stereocenters. The van der Waals surface area contributed by atoms with Gasteiger partial charge in [0.25, 0.3) is 11.6 Å². The first kappa shape index (κ1) is 16.3. The fourth-order valence-corrected chi connectivity index (χ4v) is 2.09. The van der Waals surface area contributed by atoms with Crippen molar-refractivity contribution in [1.29, 1.82) is 0 Å². The van der Waals surface area contributed by atoms with Gasteiger partial charge in [-0.1, -0.05) is 0 Å². The summed E-state index contributed by atoms with van der Waals surface area (Å²) < 4.78 is 18.7. The monoisotopic (exact) mass is 319 g/mol. The zero-order valence-corrected chi connectivity index (χ0v) is 12.4. The molecule has 0 radical (unpaired) electrons. The molecule has 0 fully saturated rings. The molecule has 0 aliphatic carbocycles. The SMILES string of the molecule is COc1ccc([N+](=O)[O-])cc1[C@@H](C)NC(=O)c1ccncc1F. The van der Waals surface area contributed by atoms with Crippen molar-refractivity contribution < 1.29 is 18.8 Å². The Morgan fingerprint density at radius 3 is 2.78 bits per heavy atom. The van der Waals surface area contributed by atoms with E-state index in [0.717, 1.165) is 6.20 Å². The number of nitrogens with one attached hydrogen (secondary N) is 1. The Hall–Kier alpha value is -3.03.